The van der Waals surface area contributed by atoms with Crippen molar-refractivity contribution < 1.29 is 17.6 Å². The van der Waals surface area contributed by atoms with Crippen molar-refractivity contribution in [2.75, 3.05) is 5.32 Å². The molecule has 5 aromatic rings. The summed E-state index contributed by atoms with van der Waals surface area (Å²) in [6.07, 6.45) is 2.45. The maximum Gasteiger partial charge on any atom is 0.418 e. The van der Waals surface area contributed by atoms with E-state index in [4.69, 9.17) is 4.42 Å². The van der Waals surface area contributed by atoms with E-state index in [1.165, 1.54) is 18.2 Å². The normalized spacial score (nSPS) is 11.9. The van der Waals surface area contributed by atoms with Gasteiger partial charge in [-0.05, 0) is 18.2 Å². The highest BCUT2D eigenvalue weighted by Crippen LogP contribution is 2.36. The third kappa shape index (κ3) is 3.50. The van der Waals surface area contributed by atoms with Crippen LogP contribution in [0.3, 0.4) is 0 Å². The SMILES string of the molecule is Cn1cc(-c2cnc3[nH]cc(-c4nnc(Nc5ccccc5C(F)(F)F)o4)c3c2)cn1. The standard InChI is InChI=1S/C20H14F3N7O/c1-30-10-12(8-26-30)11-6-13-14(9-25-17(13)24-7-11)18-28-29-19(31-18)27-16-5-3-2-4-15(16)20(21,22)23/h2-10H,1H3,(H,24,25)(H,27,29). The van der Waals surface area contributed by atoms with Gasteiger partial charge in [-0.3, -0.25) is 4.68 Å². The molecule has 11 heteroatoms. The van der Waals surface area contributed by atoms with Crippen LogP contribution >= 0.6 is 0 Å². The number of benzene rings is 1. The van der Waals surface area contributed by atoms with Crippen LogP contribution in [0, 0.1) is 0 Å². The van der Waals surface area contributed by atoms with Crippen LogP contribution in [-0.2, 0) is 13.2 Å². The molecule has 4 aromatic heterocycles. The molecule has 0 saturated carbocycles. The number of halogens is 3. The first kappa shape index (κ1) is 18.9. The molecule has 0 radical (unpaired) electrons. The van der Waals surface area contributed by atoms with E-state index in [9.17, 15) is 13.2 Å². The molecule has 5 rings (SSSR count). The van der Waals surface area contributed by atoms with Crippen molar-refractivity contribution in [2.45, 2.75) is 6.18 Å². The summed E-state index contributed by atoms with van der Waals surface area (Å²) in [5.74, 6) is 0.142. The second-order valence-corrected chi connectivity index (χ2v) is 6.81. The van der Waals surface area contributed by atoms with Gasteiger partial charge in [0.2, 0.25) is 0 Å². The monoisotopic (exact) mass is 425 g/mol. The second kappa shape index (κ2) is 6.97. The molecular weight excluding hydrogens is 411 g/mol. The molecule has 0 bridgehead atoms. The average Bonchev–Trinajstić information content (AvgIpc) is 3.46. The Bertz CT molecular complexity index is 1380. The van der Waals surface area contributed by atoms with E-state index in [1.807, 2.05) is 19.3 Å². The summed E-state index contributed by atoms with van der Waals surface area (Å²) in [7, 11) is 1.82. The molecule has 0 aliphatic rings. The van der Waals surface area contributed by atoms with Gasteiger partial charge in [0.1, 0.15) is 5.65 Å². The van der Waals surface area contributed by atoms with E-state index in [-0.39, 0.29) is 17.6 Å². The average molecular weight is 425 g/mol. The smallest absolute Gasteiger partial charge is 0.403 e. The zero-order chi connectivity index (χ0) is 21.6. The molecule has 0 spiro atoms. The Morgan fingerprint density at radius 3 is 2.71 bits per heavy atom. The summed E-state index contributed by atoms with van der Waals surface area (Å²) in [5, 5.41) is 15.3. The number of aromatic amines is 1. The zero-order valence-electron chi connectivity index (χ0n) is 16.0. The lowest BCUT2D eigenvalue weighted by Gasteiger charge is -2.11. The van der Waals surface area contributed by atoms with Gasteiger partial charge in [0.25, 0.3) is 5.89 Å². The van der Waals surface area contributed by atoms with Crippen molar-refractivity contribution in [3.63, 3.8) is 0 Å². The molecule has 0 fully saturated rings. The molecule has 0 saturated heterocycles. The van der Waals surface area contributed by atoms with Crippen LogP contribution in [0.4, 0.5) is 24.9 Å². The molecule has 2 N–H and O–H groups in total. The fourth-order valence-corrected chi connectivity index (χ4v) is 3.25. The topological polar surface area (TPSA) is 97.5 Å². The molecule has 0 aliphatic heterocycles. The Kier molecular flexibility index (Phi) is 4.24. The van der Waals surface area contributed by atoms with Crippen LogP contribution in [0.2, 0.25) is 0 Å². The number of H-pyrrole nitrogens is 1. The molecule has 0 unspecified atom stereocenters. The van der Waals surface area contributed by atoms with Crippen LogP contribution in [-0.4, -0.2) is 29.9 Å². The number of aryl methyl sites for hydroxylation is 1. The maximum atomic E-state index is 13.2. The minimum Gasteiger partial charge on any atom is -0.403 e. The van der Waals surface area contributed by atoms with Gasteiger partial charge < -0.3 is 14.7 Å². The highest BCUT2D eigenvalue weighted by molar-refractivity contribution is 5.93. The predicted molar refractivity (Wildman–Crippen MR) is 106 cm³/mol. The largest absolute Gasteiger partial charge is 0.418 e. The molecule has 4 heterocycles. The first-order valence-electron chi connectivity index (χ1n) is 9.12. The Labute approximate surface area is 172 Å². The van der Waals surface area contributed by atoms with Crippen LogP contribution in [0.1, 0.15) is 5.56 Å². The lowest BCUT2D eigenvalue weighted by molar-refractivity contribution is -0.136. The van der Waals surface area contributed by atoms with Crippen molar-refractivity contribution >= 4 is 22.7 Å². The number of anilines is 2. The van der Waals surface area contributed by atoms with Crippen molar-refractivity contribution in [1.29, 1.82) is 0 Å². The van der Waals surface area contributed by atoms with Crippen LogP contribution < -0.4 is 5.32 Å². The zero-order valence-corrected chi connectivity index (χ0v) is 16.0. The fraction of sp³-hybridized carbons (Fsp3) is 0.100. The number of nitrogens with zero attached hydrogens (tertiary/aromatic N) is 5. The number of fused-ring (bicyclic) bond motifs is 1. The Morgan fingerprint density at radius 1 is 1.10 bits per heavy atom. The number of hydrogen-bond acceptors (Lipinski definition) is 6. The van der Waals surface area contributed by atoms with Gasteiger partial charge in [-0.1, -0.05) is 17.2 Å². The number of para-hydroxylation sites is 1. The van der Waals surface area contributed by atoms with Crippen LogP contribution in [0.5, 0.6) is 0 Å². The van der Waals surface area contributed by atoms with Crippen molar-refractivity contribution in [2.24, 2.45) is 7.05 Å². The Morgan fingerprint density at radius 2 is 1.94 bits per heavy atom. The summed E-state index contributed by atoms with van der Waals surface area (Å²) < 4.78 is 46.9. The third-order valence-corrected chi connectivity index (χ3v) is 4.70. The van der Waals surface area contributed by atoms with E-state index < -0.39 is 11.7 Å². The van der Waals surface area contributed by atoms with Crippen molar-refractivity contribution in [1.82, 2.24) is 29.9 Å². The van der Waals surface area contributed by atoms with E-state index >= 15 is 0 Å². The van der Waals surface area contributed by atoms with Crippen molar-refractivity contribution in [3.05, 3.63) is 60.7 Å². The van der Waals surface area contributed by atoms with Gasteiger partial charge >= 0.3 is 12.2 Å². The van der Waals surface area contributed by atoms with E-state index in [2.05, 4.69) is 30.6 Å². The summed E-state index contributed by atoms with van der Waals surface area (Å²) in [5.41, 5.74) is 1.92. The number of pyridine rings is 1. The quantitative estimate of drug-likeness (QED) is 0.430. The second-order valence-electron chi connectivity index (χ2n) is 6.81. The highest BCUT2D eigenvalue weighted by atomic mass is 19.4. The third-order valence-electron chi connectivity index (χ3n) is 4.70. The van der Waals surface area contributed by atoms with Gasteiger partial charge in [0, 0.05) is 42.2 Å². The number of rotatable bonds is 4. The summed E-state index contributed by atoms with van der Waals surface area (Å²) in [6.45, 7) is 0. The van der Waals surface area contributed by atoms with E-state index in [0.717, 1.165) is 22.6 Å². The van der Waals surface area contributed by atoms with Gasteiger partial charge in [-0.15, -0.1) is 5.10 Å². The summed E-state index contributed by atoms with van der Waals surface area (Å²) >= 11 is 0. The minimum absolute atomic E-state index is 0.142. The number of hydrogen-bond donors (Lipinski definition) is 2. The molecule has 1 aromatic carbocycles. The predicted octanol–water partition coefficient (Wildman–Crippen LogP) is 4.78. The maximum absolute atomic E-state index is 13.2. The van der Waals surface area contributed by atoms with E-state index in [1.54, 1.807) is 23.3 Å². The molecule has 156 valence electrons. The molecule has 0 amide bonds. The lowest BCUT2D eigenvalue weighted by atomic mass is 10.1. The molecular formula is C20H14F3N7O. The molecule has 0 atom stereocenters. The van der Waals surface area contributed by atoms with Crippen LogP contribution in [0.15, 0.2) is 59.5 Å². The van der Waals surface area contributed by atoms with Gasteiger partial charge in [-0.2, -0.15) is 18.3 Å². The molecule has 0 aliphatic carbocycles. The van der Waals surface area contributed by atoms with Crippen molar-refractivity contribution in [3.8, 4) is 22.6 Å². The van der Waals surface area contributed by atoms with Gasteiger partial charge in [0.05, 0.1) is 23.0 Å². The van der Waals surface area contributed by atoms with Crippen LogP contribution in [0.25, 0.3) is 33.6 Å². The molecule has 8 nitrogen and oxygen atoms in total. The summed E-state index contributed by atoms with van der Waals surface area (Å²) in [6, 6.07) is 6.82. The fourth-order valence-electron chi connectivity index (χ4n) is 3.25. The number of alkyl halides is 3. The Hall–Kier alpha value is -4.15. The Balaban J connectivity index is 1.49. The van der Waals surface area contributed by atoms with Gasteiger partial charge in [0.15, 0.2) is 0 Å². The lowest BCUT2D eigenvalue weighted by Crippen LogP contribution is -2.08. The number of nitrogens with one attached hydrogen (secondary N) is 2. The van der Waals surface area contributed by atoms with E-state index in [0.29, 0.717) is 11.2 Å². The highest BCUT2D eigenvalue weighted by Gasteiger charge is 2.33. The number of aromatic nitrogens is 6. The first-order chi connectivity index (χ1) is 14.9. The summed E-state index contributed by atoms with van der Waals surface area (Å²) in [4.78, 5) is 7.43. The van der Waals surface area contributed by atoms with Gasteiger partial charge in [-0.25, -0.2) is 4.98 Å². The molecule has 31 heavy (non-hydrogen) atoms. The first-order valence-corrected chi connectivity index (χ1v) is 9.12. The minimum atomic E-state index is -4.52.